The molecule has 0 aliphatic heterocycles. The average Bonchev–Trinajstić information content (AvgIpc) is 2.36. The van der Waals surface area contributed by atoms with Crippen LogP contribution in [0.3, 0.4) is 0 Å². The molecule has 1 aromatic carbocycles. The number of hydrogen-bond acceptors (Lipinski definition) is 3. The predicted octanol–water partition coefficient (Wildman–Crippen LogP) is 2.89. The summed E-state index contributed by atoms with van der Waals surface area (Å²) in [4.78, 5) is 11.1. The lowest BCUT2D eigenvalue weighted by Crippen LogP contribution is -2.05. The summed E-state index contributed by atoms with van der Waals surface area (Å²) in [6.45, 7) is 4.89. The quantitative estimate of drug-likeness (QED) is 0.712. The molecule has 0 aliphatic carbocycles. The maximum absolute atomic E-state index is 11.1. The maximum atomic E-state index is 11.1. The number of carbonyl (C=O) groups excluding carboxylic acids is 1. The van der Waals surface area contributed by atoms with E-state index in [1.165, 1.54) is 7.11 Å². The number of esters is 1. The molecule has 0 saturated heterocycles. The first-order valence-corrected chi connectivity index (χ1v) is 5.94. The Morgan fingerprint density at radius 1 is 1.29 bits per heavy atom. The third-order valence-corrected chi connectivity index (χ3v) is 2.60. The van der Waals surface area contributed by atoms with Gasteiger partial charge in [-0.1, -0.05) is 31.2 Å². The van der Waals surface area contributed by atoms with Gasteiger partial charge in [-0.15, -0.1) is 0 Å². The average molecular weight is 236 g/mol. The van der Waals surface area contributed by atoms with E-state index in [1.807, 2.05) is 31.2 Å². The molecule has 17 heavy (non-hydrogen) atoms. The molecule has 0 amide bonds. The van der Waals surface area contributed by atoms with Crippen molar-refractivity contribution in [2.24, 2.45) is 0 Å². The van der Waals surface area contributed by atoms with Gasteiger partial charge < -0.3 is 9.47 Å². The minimum absolute atomic E-state index is 0.0992. The van der Waals surface area contributed by atoms with Gasteiger partial charge in [0, 0.05) is 6.61 Å². The largest absolute Gasteiger partial charge is 0.469 e. The van der Waals surface area contributed by atoms with Crippen molar-refractivity contribution in [2.75, 3.05) is 13.7 Å². The Balaban J connectivity index is 2.57. The first kappa shape index (κ1) is 13.7. The number of rotatable bonds is 6. The second-order valence-corrected chi connectivity index (χ2v) is 4.01. The van der Waals surface area contributed by atoms with Crippen molar-refractivity contribution in [2.45, 2.75) is 32.8 Å². The molecule has 0 saturated carbocycles. The van der Waals surface area contributed by atoms with Gasteiger partial charge in [0.15, 0.2) is 0 Å². The lowest BCUT2D eigenvalue weighted by molar-refractivity contribution is -0.139. The van der Waals surface area contributed by atoms with Crippen LogP contribution in [0.2, 0.25) is 0 Å². The van der Waals surface area contributed by atoms with Gasteiger partial charge in [0.25, 0.3) is 0 Å². The van der Waals surface area contributed by atoms with Gasteiger partial charge in [-0.25, -0.2) is 0 Å². The number of methoxy groups -OCH3 is 1. The van der Waals surface area contributed by atoms with Gasteiger partial charge in [0.1, 0.15) is 0 Å². The molecule has 1 aromatic rings. The third-order valence-electron chi connectivity index (χ3n) is 2.60. The molecule has 0 heterocycles. The van der Waals surface area contributed by atoms with Crippen LogP contribution in [-0.2, 0) is 20.7 Å². The number of carbonyl (C=O) groups is 1. The van der Waals surface area contributed by atoms with Crippen LogP contribution in [0.15, 0.2) is 24.3 Å². The molecule has 0 unspecified atom stereocenters. The summed E-state index contributed by atoms with van der Waals surface area (Å²) in [6, 6.07) is 7.88. The molecule has 0 radical (unpaired) electrons. The Hall–Kier alpha value is -1.35. The Bertz CT molecular complexity index is 343. The van der Waals surface area contributed by atoms with E-state index in [9.17, 15) is 4.79 Å². The van der Waals surface area contributed by atoms with Gasteiger partial charge in [-0.05, 0) is 24.5 Å². The Morgan fingerprint density at radius 2 is 1.94 bits per heavy atom. The standard InChI is InChI=1S/C14H20O3/c1-4-9-17-11(2)13-7-5-12(6-8-13)10-14(15)16-3/h5-8,11H,4,9-10H2,1-3H3/t11-/m1/s1. The van der Waals surface area contributed by atoms with E-state index in [2.05, 4.69) is 11.7 Å². The van der Waals surface area contributed by atoms with Gasteiger partial charge in [0.05, 0.1) is 19.6 Å². The third kappa shape index (κ3) is 4.57. The van der Waals surface area contributed by atoms with E-state index >= 15 is 0 Å². The minimum atomic E-state index is -0.215. The van der Waals surface area contributed by atoms with Gasteiger partial charge in [0.2, 0.25) is 0 Å². The fraction of sp³-hybridized carbons (Fsp3) is 0.500. The maximum Gasteiger partial charge on any atom is 0.309 e. The zero-order valence-electron chi connectivity index (χ0n) is 10.7. The molecule has 0 fully saturated rings. The van der Waals surface area contributed by atoms with Crippen molar-refractivity contribution in [3.05, 3.63) is 35.4 Å². The molecule has 0 bridgehead atoms. The number of ether oxygens (including phenoxy) is 2. The summed E-state index contributed by atoms with van der Waals surface area (Å²) in [5.74, 6) is -0.215. The normalized spacial score (nSPS) is 12.2. The highest BCUT2D eigenvalue weighted by molar-refractivity contribution is 5.72. The summed E-state index contributed by atoms with van der Waals surface area (Å²) in [5.41, 5.74) is 2.09. The van der Waals surface area contributed by atoms with E-state index in [4.69, 9.17) is 4.74 Å². The fourth-order valence-electron chi connectivity index (χ4n) is 1.54. The topological polar surface area (TPSA) is 35.5 Å². The molecule has 3 nitrogen and oxygen atoms in total. The molecule has 1 rings (SSSR count). The van der Waals surface area contributed by atoms with Crippen molar-refractivity contribution in [3.63, 3.8) is 0 Å². The zero-order valence-corrected chi connectivity index (χ0v) is 10.7. The van der Waals surface area contributed by atoms with E-state index in [0.29, 0.717) is 6.42 Å². The summed E-state index contributed by atoms with van der Waals surface area (Å²) < 4.78 is 10.2. The zero-order chi connectivity index (χ0) is 12.7. The SMILES string of the molecule is CCCO[C@H](C)c1ccc(CC(=O)OC)cc1. The summed E-state index contributed by atoms with van der Waals surface area (Å²) >= 11 is 0. The van der Waals surface area contributed by atoms with Crippen LogP contribution in [0.5, 0.6) is 0 Å². The Labute approximate surface area is 103 Å². The lowest BCUT2D eigenvalue weighted by Gasteiger charge is -2.13. The summed E-state index contributed by atoms with van der Waals surface area (Å²) in [6.07, 6.45) is 1.44. The summed E-state index contributed by atoms with van der Waals surface area (Å²) in [5, 5.41) is 0. The molecular weight excluding hydrogens is 216 g/mol. The van der Waals surface area contributed by atoms with Crippen LogP contribution < -0.4 is 0 Å². The number of benzene rings is 1. The highest BCUT2D eigenvalue weighted by Gasteiger charge is 2.06. The lowest BCUT2D eigenvalue weighted by atomic mass is 10.1. The van der Waals surface area contributed by atoms with Crippen molar-refractivity contribution < 1.29 is 14.3 Å². The van der Waals surface area contributed by atoms with Gasteiger partial charge in [-0.3, -0.25) is 4.79 Å². The van der Waals surface area contributed by atoms with Gasteiger partial charge >= 0.3 is 5.97 Å². The predicted molar refractivity (Wildman–Crippen MR) is 66.8 cm³/mol. The van der Waals surface area contributed by atoms with Gasteiger partial charge in [-0.2, -0.15) is 0 Å². The van der Waals surface area contributed by atoms with Crippen molar-refractivity contribution in [1.29, 1.82) is 0 Å². The smallest absolute Gasteiger partial charge is 0.309 e. The highest BCUT2D eigenvalue weighted by Crippen LogP contribution is 2.17. The Morgan fingerprint density at radius 3 is 2.47 bits per heavy atom. The first-order chi connectivity index (χ1) is 8.17. The first-order valence-electron chi connectivity index (χ1n) is 5.94. The molecule has 0 N–H and O–H groups in total. The molecule has 0 aliphatic rings. The molecular formula is C14H20O3. The van der Waals surface area contributed by atoms with Crippen LogP contribution in [0, 0.1) is 0 Å². The minimum Gasteiger partial charge on any atom is -0.469 e. The van der Waals surface area contributed by atoms with Crippen LogP contribution in [0.25, 0.3) is 0 Å². The molecule has 0 spiro atoms. The van der Waals surface area contributed by atoms with Crippen molar-refractivity contribution in [1.82, 2.24) is 0 Å². The Kier molecular flexibility index (Phi) is 5.70. The van der Waals surface area contributed by atoms with E-state index in [-0.39, 0.29) is 12.1 Å². The van der Waals surface area contributed by atoms with Crippen LogP contribution in [0.4, 0.5) is 0 Å². The van der Waals surface area contributed by atoms with Crippen LogP contribution in [0.1, 0.15) is 37.5 Å². The second kappa shape index (κ2) is 7.07. The fourth-order valence-corrected chi connectivity index (χ4v) is 1.54. The summed E-state index contributed by atoms with van der Waals surface area (Å²) in [7, 11) is 1.40. The second-order valence-electron chi connectivity index (χ2n) is 4.01. The van der Waals surface area contributed by atoms with E-state index in [0.717, 1.165) is 24.2 Å². The van der Waals surface area contributed by atoms with E-state index < -0.39 is 0 Å². The highest BCUT2D eigenvalue weighted by atomic mass is 16.5. The van der Waals surface area contributed by atoms with Crippen LogP contribution >= 0.6 is 0 Å². The molecule has 94 valence electrons. The number of hydrogen-bond donors (Lipinski definition) is 0. The monoisotopic (exact) mass is 236 g/mol. The van der Waals surface area contributed by atoms with Crippen molar-refractivity contribution in [3.8, 4) is 0 Å². The molecule has 3 heteroatoms. The van der Waals surface area contributed by atoms with E-state index in [1.54, 1.807) is 0 Å². The molecule has 1 atom stereocenters. The van der Waals surface area contributed by atoms with Crippen molar-refractivity contribution >= 4 is 5.97 Å². The molecule has 0 aromatic heterocycles. The van der Waals surface area contributed by atoms with Crippen LogP contribution in [-0.4, -0.2) is 19.7 Å².